The molecule has 26 heavy (non-hydrogen) atoms. The van der Waals surface area contributed by atoms with Crippen LogP contribution in [0.1, 0.15) is 27.8 Å². The van der Waals surface area contributed by atoms with Crippen LogP contribution < -0.4 is 5.73 Å². The predicted octanol–water partition coefficient (Wildman–Crippen LogP) is 0.517. The van der Waals surface area contributed by atoms with Crippen LogP contribution >= 0.6 is 0 Å². The van der Waals surface area contributed by atoms with Gasteiger partial charge in [-0.1, -0.05) is 13.0 Å². The Morgan fingerprint density at radius 3 is 2.54 bits per heavy atom. The van der Waals surface area contributed by atoms with Crippen molar-refractivity contribution >= 4 is 17.7 Å². The van der Waals surface area contributed by atoms with Gasteiger partial charge in [-0.25, -0.2) is 4.79 Å². The SMILES string of the molecule is COC(=O)c1ccc(C(=O)N2CCN(C3=NC[C@H](C)C=C3N)CC2)nc1. The van der Waals surface area contributed by atoms with Crippen LogP contribution in [0.2, 0.25) is 0 Å². The molecule has 1 atom stereocenters. The van der Waals surface area contributed by atoms with Gasteiger partial charge in [0.15, 0.2) is 0 Å². The van der Waals surface area contributed by atoms with Gasteiger partial charge in [0.2, 0.25) is 0 Å². The van der Waals surface area contributed by atoms with Gasteiger partial charge in [0.1, 0.15) is 11.5 Å². The summed E-state index contributed by atoms with van der Waals surface area (Å²) in [6, 6.07) is 3.10. The number of nitrogens with zero attached hydrogens (tertiary/aromatic N) is 4. The molecule has 1 aromatic rings. The Labute approximate surface area is 152 Å². The molecule has 0 aliphatic carbocycles. The number of amidine groups is 1. The standard InChI is InChI=1S/C18H23N5O3/c1-12-9-14(19)16(21-10-12)22-5-7-23(8-6-22)17(24)15-4-3-13(11-20-15)18(25)26-2/h3-4,9,11-12H,5-8,10,19H2,1-2H3/t12-/m1/s1. The Hall–Kier alpha value is -2.90. The second kappa shape index (κ2) is 7.55. The molecule has 0 radical (unpaired) electrons. The zero-order valence-corrected chi connectivity index (χ0v) is 15.0. The molecule has 0 bridgehead atoms. The van der Waals surface area contributed by atoms with Crippen LogP contribution in [-0.4, -0.2) is 72.3 Å². The van der Waals surface area contributed by atoms with E-state index in [1.165, 1.54) is 13.3 Å². The maximum atomic E-state index is 12.6. The van der Waals surface area contributed by atoms with Crippen molar-refractivity contribution in [2.45, 2.75) is 6.92 Å². The number of carbonyl (C=O) groups is 2. The molecule has 2 aliphatic rings. The summed E-state index contributed by atoms with van der Waals surface area (Å²) in [5.41, 5.74) is 7.44. The number of piperazine rings is 1. The zero-order chi connectivity index (χ0) is 18.7. The molecule has 3 heterocycles. The molecule has 0 aromatic carbocycles. The Balaban J connectivity index is 1.60. The molecular formula is C18H23N5O3. The van der Waals surface area contributed by atoms with E-state index >= 15 is 0 Å². The lowest BCUT2D eigenvalue weighted by Crippen LogP contribution is -2.52. The molecule has 0 spiro atoms. The number of rotatable bonds is 2. The van der Waals surface area contributed by atoms with E-state index in [1.54, 1.807) is 17.0 Å². The van der Waals surface area contributed by atoms with Gasteiger partial charge in [0.25, 0.3) is 5.91 Å². The van der Waals surface area contributed by atoms with Crippen LogP contribution in [0.3, 0.4) is 0 Å². The summed E-state index contributed by atoms with van der Waals surface area (Å²) in [5.74, 6) is 0.568. The Bertz CT molecular complexity index is 749. The predicted molar refractivity (Wildman–Crippen MR) is 96.8 cm³/mol. The van der Waals surface area contributed by atoms with Crippen LogP contribution in [0, 0.1) is 5.92 Å². The fraction of sp³-hybridized carbons (Fsp3) is 0.444. The smallest absolute Gasteiger partial charge is 0.339 e. The lowest BCUT2D eigenvalue weighted by atomic mass is 10.1. The van der Waals surface area contributed by atoms with Gasteiger partial charge in [0, 0.05) is 38.9 Å². The van der Waals surface area contributed by atoms with E-state index in [-0.39, 0.29) is 5.91 Å². The summed E-state index contributed by atoms with van der Waals surface area (Å²) in [5, 5.41) is 0. The van der Waals surface area contributed by atoms with E-state index in [0.29, 0.717) is 49.1 Å². The number of aromatic nitrogens is 1. The molecule has 8 nitrogen and oxygen atoms in total. The maximum absolute atomic E-state index is 12.6. The normalized spacial score (nSPS) is 20.3. The number of nitrogens with two attached hydrogens (primary N) is 1. The number of hydrogen-bond donors (Lipinski definition) is 1. The number of pyridine rings is 1. The van der Waals surface area contributed by atoms with Gasteiger partial charge in [-0.05, 0) is 18.1 Å². The number of carbonyl (C=O) groups excluding carboxylic acids is 2. The van der Waals surface area contributed by atoms with Crippen LogP contribution in [0.15, 0.2) is 35.1 Å². The van der Waals surface area contributed by atoms with E-state index in [4.69, 9.17) is 5.73 Å². The van der Waals surface area contributed by atoms with Crippen molar-refractivity contribution < 1.29 is 14.3 Å². The minimum Gasteiger partial charge on any atom is -0.465 e. The molecule has 1 aromatic heterocycles. The van der Waals surface area contributed by atoms with Gasteiger partial charge in [0.05, 0.1) is 18.4 Å². The Kier molecular flexibility index (Phi) is 5.20. The average Bonchev–Trinajstić information content (AvgIpc) is 2.67. The minimum absolute atomic E-state index is 0.149. The van der Waals surface area contributed by atoms with Crippen LogP contribution in [0.5, 0.6) is 0 Å². The first-order valence-electron chi connectivity index (χ1n) is 8.60. The number of hydrogen-bond acceptors (Lipinski definition) is 7. The molecule has 0 unspecified atom stereocenters. The lowest BCUT2D eigenvalue weighted by molar-refractivity contribution is 0.0598. The van der Waals surface area contributed by atoms with E-state index in [2.05, 4.69) is 26.5 Å². The summed E-state index contributed by atoms with van der Waals surface area (Å²) in [6.07, 6.45) is 3.39. The average molecular weight is 357 g/mol. The third kappa shape index (κ3) is 3.68. The molecule has 3 rings (SSSR count). The maximum Gasteiger partial charge on any atom is 0.339 e. The van der Waals surface area contributed by atoms with Crippen molar-refractivity contribution in [3.8, 4) is 0 Å². The topological polar surface area (TPSA) is 101 Å². The molecule has 1 fully saturated rings. The summed E-state index contributed by atoms with van der Waals surface area (Å²) < 4.78 is 4.63. The fourth-order valence-electron chi connectivity index (χ4n) is 3.08. The van der Waals surface area contributed by atoms with E-state index in [9.17, 15) is 9.59 Å². The fourth-order valence-corrected chi connectivity index (χ4v) is 3.08. The molecule has 1 saturated heterocycles. The van der Waals surface area contributed by atoms with Crippen molar-refractivity contribution in [1.29, 1.82) is 0 Å². The monoisotopic (exact) mass is 357 g/mol. The number of dihydropyridines is 1. The van der Waals surface area contributed by atoms with Gasteiger partial charge in [-0.3, -0.25) is 14.8 Å². The van der Waals surface area contributed by atoms with Gasteiger partial charge >= 0.3 is 5.97 Å². The third-order valence-electron chi connectivity index (χ3n) is 4.52. The largest absolute Gasteiger partial charge is 0.465 e. The van der Waals surface area contributed by atoms with Crippen molar-refractivity contribution in [3.63, 3.8) is 0 Å². The number of ether oxygens (including phenoxy) is 1. The minimum atomic E-state index is -0.474. The molecule has 2 N–H and O–H groups in total. The van der Waals surface area contributed by atoms with Gasteiger partial charge < -0.3 is 20.3 Å². The van der Waals surface area contributed by atoms with Gasteiger partial charge in [-0.15, -0.1) is 0 Å². The summed E-state index contributed by atoms with van der Waals surface area (Å²) in [7, 11) is 1.31. The third-order valence-corrected chi connectivity index (χ3v) is 4.52. The zero-order valence-electron chi connectivity index (χ0n) is 15.0. The van der Waals surface area contributed by atoms with Gasteiger partial charge in [-0.2, -0.15) is 0 Å². The Morgan fingerprint density at radius 2 is 1.96 bits per heavy atom. The first-order valence-corrected chi connectivity index (χ1v) is 8.60. The van der Waals surface area contributed by atoms with Crippen molar-refractivity contribution in [2.75, 3.05) is 39.8 Å². The molecule has 138 valence electrons. The molecule has 1 amide bonds. The Morgan fingerprint density at radius 1 is 1.23 bits per heavy atom. The van der Waals surface area contributed by atoms with Crippen LogP contribution in [0.25, 0.3) is 0 Å². The lowest BCUT2D eigenvalue weighted by Gasteiger charge is -2.37. The number of aliphatic imine (C=N–C) groups is 1. The highest BCUT2D eigenvalue weighted by atomic mass is 16.5. The van der Waals surface area contributed by atoms with E-state index in [1.807, 2.05) is 6.08 Å². The summed E-state index contributed by atoms with van der Waals surface area (Å²) in [6.45, 7) is 5.32. The first-order chi connectivity index (χ1) is 12.5. The number of esters is 1. The van der Waals surface area contributed by atoms with E-state index < -0.39 is 5.97 Å². The van der Waals surface area contributed by atoms with Crippen LogP contribution in [0.4, 0.5) is 0 Å². The summed E-state index contributed by atoms with van der Waals surface area (Å²) >= 11 is 0. The van der Waals surface area contributed by atoms with Crippen LogP contribution in [-0.2, 0) is 4.74 Å². The molecule has 0 saturated carbocycles. The summed E-state index contributed by atoms with van der Waals surface area (Å²) in [4.78, 5) is 36.6. The number of amides is 1. The highest BCUT2D eigenvalue weighted by molar-refractivity contribution is 5.98. The first kappa shape index (κ1) is 17.9. The quantitative estimate of drug-likeness (QED) is 0.774. The molecule has 8 heteroatoms. The molecule has 2 aliphatic heterocycles. The van der Waals surface area contributed by atoms with Crippen molar-refractivity contribution in [1.82, 2.24) is 14.8 Å². The van der Waals surface area contributed by atoms with Crippen molar-refractivity contribution in [2.24, 2.45) is 16.6 Å². The second-order valence-corrected chi connectivity index (χ2v) is 6.47. The second-order valence-electron chi connectivity index (χ2n) is 6.47. The number of methoxy groups -OCH3 is 1. The van der Waals surface area contributed by atoms with Crippen molar-refractivity contribution in [3.05, 3.63) is 41.4 Å². The highest BCUT2D eigenvalue weighted by Crippen LogP contribution is 2.15. The molecular weight excluding hydrogens is 334 g/mol. The highest BCUT2D eigenvalue weighted by Gasteiger charge is 2.26. The van der Waals surface area contributed by atoms with E-state index in [0.717, 1.165) is 12.4 Å².